The molecule has 21 heavy (non-hydrogen) atoms. The standard InChI is InChI=1S/C16H22NO2S.CH3/c1-20(2)16(19)17(14-11-7-4-8-12-14)15(18)13-9-5-3-6-10-13;/h3,5-6,9-10,14H,4,7-8,11-12H2,1-2H3;1H3/q+1;-1. The Morgan fingerprint density at radius 1 is 1.05 bits per heavy atom. The maximum absolute atomic E-state index is 12.7. The number of nitrogens with zero attached hydrogens (tertiary/aromatic N) is 1. The van der Waals surface area contributed by atoms with Gasteiger partial charge in [-0.1, -0.05) is 37.5 Å². The predicted octanol–water partition coefficient (Wildman–Crippen LogP) is 3.91. The van der Waals surface area contributed by atoms with E-state index in [1.807, 2.05) is 30.7 Å². The summed E-state index contributed by atoms with van der Waals surface area (Å²) < 4.78 is 0. The van der Waals surface area contributed by atoms with Crippen LogP contribution in [0.25, 0.3) is 0 Å². The summed E-state index contributed by atoms with van der Waals surface area (Å²) in [6.45, 7) is 0. The number of carbonyl (C=O) groups is 2. The highest BCUT2D eigenvalue weighted by Gasteiger charge is 2.37. The molecule has 1 aliphatic rings. The van der Waals surface area contributed by atoms with E-state index in [-0.39, 0.29) is 24.6 Å². The number of benzene rings is 1. The summed E-state index contributed by atoms with van der Waals surface area (Å²) in [5.74, 6) is -0.135. The number of hydrogen-bond donors (Lipinski definition) is 0. The van der Waals surface area contributed by atoms with Gasteiger partial charge in [0.05, 0.1) is 10.9 Å². The molecule has 1 saturated carbocycles. The molecule has 3 nitrogen and oxygen atoms in total. The second-order valence-electron chi connectivity index (χ2n) is 5.42. The molecule has 1 aliphatic carbocycles. The second-order valence-corrected chi connectivity index (χ2v) is 7.40. The maximum atomic E-state index is 12.7. The van der Waals surface area contributed by atoms with Crippen molar-refractivity contribution in [1.29, 1.82) is 0 Å². The second kappa shape index (κ2) is 8.23. The Labute approximate surface area is 131 Å². The SMILES string of the molecule is C[S+](C)C(=O)N(C(=O)c1ccccc1)C1CCCCC1.[CH3-]. The molecule has 0 aromatic heterocycles. The number of amides is 2. The minimum Gasteiger partial charge on any atom is -0.358 e. The van der Waals surface area contributed by atoms with Crippen LogP contribution in [0.5, 0.6) is 0 Å². The van der Waals surface area contributed by atoms with Crippen LogP contribution in [0.2, 0.25) is 0 Å². The highest BCUT2D eigenvalue weighted by atomic mass is 32.2. The minimum absolute atomic E-state index is 0. The van der Waals surface area contributed by atoms with Crippen LogP contribution >= 0.6 is 0 Å². The van der Waals surface area contributed by atoms with Crippen molar-refractivity contribution in [2.75, 3.05) is 12.5 Å². The van der Waals surface area contributed by atoms with Crippen molar-refractivity contribution in [3.8, 4) is 0 Å². The molecule has 1 aromatic carbocycles. The van der Waals surface area contributed by atoms with Gasteiger partial charge in [-0.15, -0.1) is 0 Å². The first-order chi connectivity index (χ1) is 9.61. The van der Waals surface area contributed by atoms with Crippen molar-refractivity contribution in [3.05, 3.63) is 43.3 Å². The van der Waals surface area contributed by atoms with Crippen LogP contribution < -0.4 is 0 Å². The molecule has 0 aliphatic heterocycles. The molecule has 2 rings (SSSR count). The molecule has 0 N–H and O–H groups in total. The van der Waals surface area contributed by atoms with Gasteiger partial charge < -0.3 is 7.43 Å². The molecule has 0 saturated heterocycles. The lowest BCUT2D eigenvalue weighted by Gasteiger charge is -2.30. The van der Waals surface area contributed by atoms with E-state index < -0.39 is 10.9 Å². The van der Waals surface area contributed by atoms with Crippen molar-refractivity contribution in [1.82, 2.24) is 4.90 Å². The normalized spacial score (nSPS) is 15.4. The Bertz CT molecular complexity index is 467. The average molecular weight is 307 g/mol. The summed E-state index contributed by atoms with van der Waals surface area (Å²) in [5, 5.41) is -0.0225. The highest BCUT2D eigenvalue weighted by Crippen LogP contribution is 2.25. The van der Waals surface area contributed by atoms with E-state index in [1.165, 1.54) is 11.3 Å². The Hall–Kier alpha value is -1.29. The number of carbonyl (C=O) groups excluding carboxylic acids is 2. The smallest absolute Gasteiger partial charge is 0.358 e. The summed E-state index contributed by atoms with van der Waals surface area (Å²) in [5.41, 5.74) is 0.608. The molecule has 1 aromatic rings. The van der Waals surface area contributed by atoms with Gasteiger partial charge in [-0.25, -0.2) is 9.69 Å². The van der Waals surface area contributed by atoms with Crippen LogP contribution in [0.1, 0.15) is 42.5 Å². The van der Waals surface area contributed by atoms with Gasteiger partial charge in [-0.2, -0.15) is 0 Å². The predicted molar refractivity (Wildman–Crippen MR) is 90.5 cm³/mol. The Kier molecular flexibility index (Phi) is 6.96. The van der Waals surface area contributed by atoms with Gasteiger partial charge in [-0.3, -0.25) is 4.79 Å². The summed E-state index contributed by atoms with van der Waals surface area (Å²) in [6.07, 6.45) is 9.09. The summed E-state index contributed by atoms with van der Waals surface area (Å²) in [6, 6.07) is 9.22. The van der Waals surface area contributed by atoms with Crippen molar-refractivity contribution in [2.24, 2.45) is 0 Å². The molecule has 4 heteroatoms. The lowest BCUT2D eigenvalue weighted by atomic mass is 9.94. The summed E-state index contributed by atoms with van der Waals surface area (Å²) >= 11 is 0. The Morgan fingerprint density at radius 3 is 2.14 bits per heavy atom. The van der Waals surface area contributed by atoms with Gasteiger partial charge in [0.2, 0.25) is 0 Å². The van der Waals surface area contributed by atoms with Crippen LogP contribution in [0.3, 0.4) is 0 Å². The topological polar surface area (TPSA) is 37.4 Å². The van der Waals surface area contributed by atoms with Crippen molar-refractivity contribution in [3.63, 3.8) is 0 Å². The number of rotatable bonds is 2. The quantitative estimate of drug-likeness (QED) is 0.613. The van der Waals surface area contributed by atoms with E-state index >= 15 is 0 Å². The molecular weight excluding hydrogens is 282 g/mol. The van der Waals surface area contributed by atoms with E-state index in [4.69, 9.17) is 0 Å². The summed E-state index contributed by atoms with van der Waals surface area (Å²) in [7, 11) is -0.420. The zero-order chi connectivity index (χ0) is 14.5. The Balaban J connectivity index is 0.00000220. The van der Waals surface area contributed by atoms with E-state index in [1.54, 1.807) is 12.1 Å². The van der Waals surface area contributed by atoms with E-state index in [0.29, 0.717) is 5.56 Å². The van der Waals surface area contributed by atoms with E-state index in [0.717, 1.165) is 25.7 Å². The van der Waals surface area contributed by atoms with Gasteiger partial charge >= 0.3 is 5.24 Å². The van der Waals surface area contributed by atoms with Crippen LogP contribution in [-0.4, -0.2) is 34.6 Å². The van der Waals surface area contributed by atoms with E-state index in [9.17, 15) is 9.59 Å². The van der Waals surface area contributed by atoms with Crippen LogP contribution in [-0.2, 0) is 10.9 Å². The molecular formula is C17H25NO2S. The summed E-state index contributed by atoms with van der Waals surface area (Å²) in [4.78, 5) is 26.7. The van der Waals surface area contributed by atoms with Crippen LogP contribution in [0.15, 0.2) is 30.3 Å². The van der Waals surface area contributed by atoms with Gasteiger partial charge in [0.1, 0.15) is 12.5 Å². The fourth-order valence-electron chi connectivity index (χ4n) is 2.65. The van der Waals surface area contributed by atoms with Gasteiger partial charge in [0, 0.05) is 11.6 Å². The van der Waals surface area contributed by atoms with Crippen LogP contribution in [0, 0.1) is 7.43 Å². The molecule has 0 radical (unpaired) electrons. The first-order valence-corrected chi connectivity index (χ1v) is 9.15. The van der Waals surface area contributed by atoms with E-state index in [2.05, 4.69) is 0 Å². The van der Waals surface area contributed by atoms with Gasteiger partial charge in [0.15, 0.2) is 0 Å². The molecule has 0 spiro atoms. The molecule has 116 valence electrons. The highest BCUT2D eigenvalue weighted by molar-refractivity contribution is 8.09. The van der Waals surface area contributed by atoms with Crippen molar-refractivity contribution < 1.29 is 9.59 Å². The first kappa shape index (κ1) is 17.8. The fourth-order valence-corrected chi connectivity index (χ4v) is 3.28. The largest absolute Gasteiger partial charge is 0.438 e. The van der Waals surface area contributed by atoms with Crippen molar-refractivity contribution >= 4 is 22.0 Å². The van der Waals surface area contributed by atoms with Gasteiger partial charge in [-0.05, 0) is 25.0 Å². The average Bonchev–Trinajstić information content (AvgIpc) is 2.49. The molecule has 2 amide bonds. The zero-order valence-electron chi connectivity index (χ0n) is 13.2. The molecule has 0 atom stereocenters. The first-order valence-electron chi connectivity index (χ1n) is 7.11. The third-order valence-corrected chi connectivity index (χ3v) is 4.62. The lowest BCUT2D eigenvalue weighted by molar-refractivity contribution is 0.0736. The number of hydrogen-bond acceptors (Lipinski definition) is 2. The van der Waals surface area contributed by atoms with Crippen molar-refractivity contribution in [2.45, 2.75) is 38.1 Å². The zero-order valence-corrected chi connectivity index (χ0v) is 14.0. The molecule has 0 unspecified atom stereocenters. The third kappa shape index (κ3) is 4.34. The molecule has 0 bridgehead atoms. The number of imide groups is 1. The molecule has 1 fully saturated rings. The lowest BCUT2D eigenvalue weighted by Crippen LogP contribution is -2.47. The maximum Gasteiger partial charge on any atom is 0.438 e. The third-order valence-electron chi connectivity index (χ3n) is 3.73. The van der Waals surface area contributed by atoms with Gasteiger partial charge in [0.25, 0.3) is 5.91 Å². The fraction of sp³-hybridized carbons (Fsp3) is 0.471. The minimum atomic E-state index is -0.420. The van der Waals surface area contributed by atoms with Crippen LogP contribution in [0.4, 0.5) is 4.79 Å². The monoisotopic (exact) mass is 307 g/mol. The Morgan fingerprint density at radius 2 is 1.62 bits per heavy atom. The molecule has 0 heterocycles.